The Bertz CT molecular complexity index is 915. The van der Waals surface area contributed by atoms with Crippen LogP contribution in [0.15, 0.2) is 48.5 Å². The molecule has 0 aromatic heterocycles. The summed E-state index contributed by atoms with van der Waals surface area (Å²) >= 11 is 6.24. The highest BCUT2D eigenvalue weighted by Gasteiger charge is 2.24. The summed E-state index contributed by atoms with van der Waals surface area (Å²) in [6.45, 7) is 4.27. The number of carbonyl (C=O) groups is 2. The third-order valence-corrected chi connectivity index (χ3v) is 6.22. The van der Waals surface area contributed by atoms with Crippen LogP contribution in [0.3, 0.4) is 0 Å². The highest BCUT2D eigenvalue weighted by Crippen LogP contribution is 2.31. The molecule has 31 heavy (non-hydrogen) atoms. The van der Waals surface area contributed by atoms with Crippen LogP contribution in [0.25, 0.3) is 0 Å². The van der Waals surface area contributed by atoms with Gasteiger partial charge in [0, 0.05) is 49.9 Å². The molecule has 2 fully saturated rings. The topological polar surface area (TPSA) is 55.9 Å². The highest BCUT2D eigenvalue weighted by molar-refractivity contribution is 6.31. The van der Waals surface area contributed by atoms with E-state index in [1.54, 1.807) is 4.90 Å². The third kappa shape index (κ3) is 5.31. The molecule has 2 aliphatic heterocycles. The van der Waals surface area contributed by atoms with Gasteiger partial charge in [-0.3, -0.25) is 4.79 Å². The summed E-state index contributed by atoms with van der Waals surface area (Å²) in [7, 11) is 0. The first kappa shape index (κ1) is 21.5. The lowest BCUT2D eigenvalue weighted by molar-refractivity contribution is 0.0762. The highest BCUT2D eigenvalue weighted by atomic mass is 35.5. The van der Waals surface area contributed by atoms with Crippen molar-refractivity contribution in [2.24, 2.45) is 0 Å². The fraction of sp³-hybridized carbons (Fsp3) is 0.417. The molecule has 6 nitrogen and oxygen atoms in total. The summed E-state index contributed by atoms with van der Waals surface area (Å²) in [5.74, 6) is 0.0186. The molecule has 2 aromatic rings. The molecule has 0 saturated carbocycles. The van der Waals surface area contributed by atoms with E-state index in [0.29, 0.717) is 36.8 Å². The Kier molecular flexibility index (Phi) is 6.97. The summed E-state index contributed by atoms with van der Waals surface area (Å²) in [5, 5.41) is 3.68. The zero-order valence-corrected chi connectivity index (χ0v) is 18.5. The summed E-state index contributed by atoms with van der Waals surface area (Å²) in [5.41, 5.74) is 2.46. The average Bonchev–Trinajstić information content (AvgIpc) is 3.06. The zero-order chi connectivity index (χ0) is 21.6. The van der Waals surface area contributed by atoms with Gasteiger partial charge < -0.3 is 20.0 Å². The maximum atomic E-state index is 13.1. The van der Waals surface area contributed by atoms with Crippen LogP contribution in [0.1, 0.15) is 36.0 Å². The fourth-order valence-electron chi connectivity index (χ4n) is 4.30. The molecule has 2 aliphatic rings. The molecule has 1 N–H and O–H groups in total. The Hall–Kier alpha value is -2.73. The van der Waals surface area contributed by atoms with Crippen molar-refractivity contribution in [3.8, 4) is 0 Å². The van der Waals surface area contributed by atoms with Crippen molar-refractivity contribution >= 4 is 34.9 Å². The van der Waals surface area contributed by atoms with E-state index in [1.165, 1.54) is 6.42 Å². The molecule has 2 saturated heterocycles. The van der Waals surface area contributed by atoms with Gasteiger partial charge in [0.1, 0.15) is 0 Å². The van der Waals surface area contributed by atoms with E-state index >= 15 is 0 Å². The molecule has 2 aromatic carbocycles. The predicted molar refractivity (Wildman–Crippen MR) is 125 cm³/mol. The molecule has 7 heteroatoms. The lowest BCUT2D eigenvalue weighted by atomic mass is 10.1. The van der Waals surface area contributed by atoms with Crippen molar-refractivity contribution < 1.29 is 9.59 Å². The molecule has 164 valence electrons. The number of anilines is 2. The second kappa shape index (κ2) is 10.1. The van der Waals surface area contributed by atoms with Crippen molar-refractivity contribution in [3.63, 3.8) is 0 Å². The Morgan fingerprint density at radius 1 is 0.774 bits per heavy atom. The van der Waals surface area contributed by atoms with Crippen molar-refractivity contribution in [3.05, 3.63) is 59.1 Å². The Labute approximate surface area is 188 Å². The first-order valence-electron chi connectivity index (χ1n) is 11.1. The van der Waals surface area contributed by atoms with Gasteiger partial charge in [0.2, 0.25) is 0 Å². The third-order valence-electron chi connectivity index (χ3n) is 5.99. The van der Waals surface area contributed by atoms with E-state index in [4.69, 9.17) is 11.6 Å². The second-order valence-electron chi connectivity index (χ2n) is 8.14. The van der Waals surface area contributed by atoms with E-state index < -0.39 is 0 Å². The summed E-state index contributed by atoms with van der Waals surface area (Å²) < 4.78 is 0. The summed E-state index contributed by atoms with van der Waals surface area (Å²) in [6.07, 6.45) is 4.32. The van der Waals surface area contributed by atoms with Crippen LogP contribution in [0.4, 0.5) is 16.2 Å². The van der Waals surface area contributed by atoms with Gasteiger partial charge in [-0.15, -0.1) is 0 Å². The minimum Gasteiger partial charge on any atom is -0.370 e. The van der Waals surface area contributed by atoms with E-state index in [-0.39, 0.29) is 11.9 Å². The van der Waals surface area contributed by atoms with Crippen molar-refractivity contribution in [2.75, 3.05) is 49.5 Å². The number of amides is 3. The number of hydrogen-bond donors (Lipinski definition) is 1. The number of nitrogens with zero attached hydrogens (tertiary/aromatic N) is 3. The van der Waals surface area contributed by atoms with Crippen LogP contribution >= 0.6 is 11.6 Å². The minimum absolute atomic E-state index is 0.0186. The maximum absolute atomic E-state index is 13.1. The smallest absolute Gasteiger partial charge is 0.321 e. The molecule has 0 spiro atoms. The Balaban J connectivity index is 1.41. The van der Waals surface area contributed by atoms with Gasteiger partial charge in [-0.1, -0.05) is 29.8 Å². The van der Waals surface area contributed by atoms with Crippen molar-refractivity contribution in [1.82, 2.24) is 9.80 Å². The molecule has 2 heterocycles. The van der Waals surface area contributed by atoms with Crippen LogP contribution in [0, 0.1) is 0 Å². The van der Waals surface area contributed by atoms with Crippen LogP contribution in [0.2, 0.25) is 5.02 Å². The van der Waals surface area contributed by atoms with Gasteiger partial charge in [0.15, 0.2) is 0 Å². The first-order valence-corrected chi connectivity index (χ1v) is 11.4. The zero-order valence-electron chi connectivity index (χ0n) is 17.7. The van der Waals surface area contributed by atoms with Crippen LogP contribution < -0.4 is 10.2 Å². The largest absolute Gasteiger partial charge is 0.370 e. The van der Waals surface area contributed by atoms with Gasteiger partial charge >= 0.3 is 6.03 Å². The SMILES string of the molecule is O=C(Nc1cc(Cl)ccc1N1CCCCC1)N1CCCN(C(=O)c2ccccc2)CC1. The normalized spacial score (nSPS) is 17.3. The van der Waals surface area contributed by atoms with Crippen LogP contribution in [-0.4, -0.2) is 61.0 Å². The standard InChI is InChI=1S/C24H29ClN4O2/c25-20-10-11-22(27-12-5-2-6-13-27)21(18-20)26-24(31)29-15-7-14-28(16-17-29)23(30)19-8-3-1-4-9-19/h1,3-4,8-11,18H,2,5-7,12-17H2,(H,26,31). The van der Waals surface area contributed by atoms with Crippen molar-refractivity contribution in [2.45, 2.75) is 25.7 Å². The lowest BCUT2D eigenvalue weighted by Crippen LogP contribution is -2.39. The molecule has 0 unspecified atom stereocenters. The lowest BCUT2D eigenvalue weighted by Gasteiger charge is -2.31. The number of carbonyl (C=O) groups excluding carboxylic acids is 2. The van der Waals surface area contributed by atoms with E-state index in [2.05, 4.69) is 10.2 Å². The molecular formula is C24H29ClN4O2. The molecule has 4 rings (SSSR count). The van der Waals surface area contributed by atoms with Crippen LogP contribution in [-0.2, 0) is 0 Å². The van der Waals surface area contributed by atoms with Gasteiger partial charge in [0.25, 0.3) is 5.91 Å². The molecule has 0 aliphatic carbocycles. The number of hydrogen-bond acceptors (Lipinski definition) is 3. The van der Waals surface area contributed by atoms with E-state index in [9.17, 15) is 9.59 Å². The molecule has 0 bridgehead atoms. The van der Waals surface area contributed by atoms with Crippen molar-refractivity contribution in [1.29, 1.82) is 0 Å². The fourth-order valence-corrected chi connectivity index (χ4v) is 4.47. The number of rotatable bonds is 3. The summed E-state index contributed by atoms with van der Waals surface area (Å²) in [6, 6.07) is 14.9. The van der Waals surface area contributed by atoms with Crippen LogP contribution in [0.5, 0.6) is 0 Å². The molecule has 0 atom stereocenters. The predicted octanol–water partition coefficient (Wildman–Crippen LogP) is 4.71. The number of urea groups is 1. The average molecular weight is 441 g/mol. The molecule has 0 radical (unpaired) electrons. The van der Waals surface area contributed by atoms with E-state index in [1.807, 2.05) is 53.4 Å². The van der Waals surface area contributed by atoms with E-state index in [0.717, 1.165) is 43.7 Å². The minimum atomic E-state index is -0.144. The molecular weight excluding hydrogens is 412 g/mol. The maximum Gasteiger partial charge on any atom is 0.321 e. The Morgan fingerprint density at radius 2 is 1.48 bits per heavy atom. The van der Waals surface area contributed by atoms with Gasteiger partial charge in [0.05, 0.1) is 11.4 Å². The number of piperidine rings is 1. The number of halogens is 1. The Morgan fingerprint density at radius 3 is 2.26 bits per heavy atom. The monoisotopic (exact) mass is 440 g/mol. The van der Waals surface area contributed by atoms with Gasteiger partial charge in [-0.05, 0) is 56.0 Å². The molecule has 3 amide bonds. The quantitative estimate of drug-likeness (QED) is 0.751. The number of benzene rings is 2. The number of nitrogens with one attached hydrogen (secondary N) is 1. The van der Waals surface area contributed by atoms with Gasteiger partial charge in [-0.2, -0.15) is 0 Å². The summed E-state index contributed by atoms with van der Waals surface area (Å²) in [4.78, 5) is 31.8. The second-order valence-corrected chi connectivity index (χ2v) is 8.57. The first-order chi connectivity index (χ1) is 15.1. The van der Waals surface area contributed by atoms with Gasteiger partial charge in [-0.25, -0.2) is 4.79 Å².